The standard InChI is InChI=1S/C19H20N4O3S/c1-13(14-9-11-16(12-10-14)27(3,25)26)22-17(18(20)21-2)19(24)23-15-7-5-4-6-8-15/h4-12H,2,20H2,1,3H3,(H,23,24)/b18-17-,22-13?. The third kappa shape index (κ3) is 5.35. The molecule has 0 heterocycles. The van der Waals surface area contributed by atoms with Crippen molar-refractivity contribution in [1.82, 2.24) is 0 Å². The summed E-state index contributed by atoms with van der Waals surface area (Å²) in [6.07, 6.45) is 1.13. The number of nitrogens with one attached hydrogen (secondary N) is 1. The molecule has 7 nitrogen and oxygen atoms in total. The molecule has 0 aliphatic rings. The summed E-state index contributed by atoms with van der Waals surface area (Å²) in [6.45, 7) is 5.02. The first-order valence-corrected chi connectivity index (χ1v) is 9.80. The Labute approximate surface area is 158 Å². The number of hydrogen-bond acceptors (Lipinski definition) is 6. The Morgan fingerprint density at radius 3 is 2.19 bits per heavy atom. The van der Waals surface area contributed by atoms with Crippen LogP contribution in [0.5, 0.6) is 0 Å². The van der Waals surface area contributed by atoms with Crippen molar-refractivity contribution in [1.29, 1.82) is 0 Å². The zero-order chi connectivity index (χ0) is 20.0. The minimum atomic E-state index is -3.29. The predicted molar refractivity (Wildman–Crippen MR) is 108 cm³/mol. The molecule has 0 saturated heterocycles. The van der Waals surface area contributed by atoms with Gasteiger partial charge in [0.05, 0.1) is 4.90 Å². The largest absolute Gasteiger partial charge is 0.382 e. The number of nitrogens with zero attached hydrogens (tertiary/aromatic N) is 2. The van der Waals surface area contributed by atoms with Crippen LogP contribution in [-0.4, -0.2) is 33.0 Å². The highest BCUT2D eigenvalue weighted by molar-refractivity contribution is 7.90. The number of benzene rings is 2. The lowest BCUT2D eigenvalue weighted by Crippen LogP contribution is -2.18. The summed E-state index contributed by atoms with van der Waals surface area (Å²) in [6, 6.07) is 15.0. The Balaban J connectivity index is 2.34. The first kappa shape index (κ1) is 20.1. The summed E-state index contributed by atoms with van der Waals surface area (Å²) in [7, 11) is -3.29. The van der Waals surface area contributed by atoms with Gasteiger partial charge in [-0.05, 0) is 43.5 Å². The van der Waals surface area contributed by atoms with Crippen molar-refractivity contribution in [3.05, 3.63) is 71.7 Å². The minimum absolute atomic E-state index is 0.0847. The van der Waals surface area contributed by atoms with Crippen LogP contribution in [0, 0.1) is 0 Å². The summed E-state index contributed by atoms with van der Waals surface area (Å²) in [5.41, 5.74) is 7.40. The van der Waals surface area contributed by atoms with Gasteiger partial charge in [-0.15, -0.1) is 0 Å². The van der Waals surface area contributed by atoms with Crippen LogP contribution in [0.1, 0.15) is 12.5 Å². The van der Waals surface area contributed by atoms with Crippen LogP contribution in [-0.2, 0) is 14.6 Å². The smallest absolute Gasteiger partial charge is 0.278 e. The Morgan fingerprint density at radius 1 is 1.07 bits per heavy atom. The maximum Gasteiger partial charge on any atom is 0.278 e. The van der Waals surface area contributed by atoms with Crippen molar-refractivity contribution in [2.75, 3.05) is 11.6 Å². The Hall–Kier alpha value is -3.26. The normalized spacial score (nSPS) is 12.9. The van der Waals surface area contributed by atoms with E-state index in [4.69, 9.17) is 5.73 Å². The van der Waals surface area contributed by atoms with E-state index < -0.39 is 15.7 Å². The van der Waals surface area contributed by atoms with Crippen LogP contribution >= 0.6 is 0 Å². The van der Waals surface area contributed by atoms with Gasteiger partial charge in [-0.25, -0.2) is 18.4 Å². The quantitative estimate of drug-likeness (QED) is 0.588. The number of hydrogen-bond donors (Lipinski definition) is 2. The van der Waals surface area contributed by atoms with Gasteiger partial charge < -0.3 is 11.1 Å². The summed E-state index contributed by atoms with van der Waals surface area (Å²) < 4.78 is 23.1. The second kappa shape index (κ2) is 8.41. The van der Waals surface area contributed by atoms with Crippen LogP contribution in [0.4, 0.5) is 5.69 Å². The molecule has 0 unspecified atom stereocenters. The average Bonchev–Trinajstić information content (AvgIpc) is 2.65. The zero-order valence-electron chi connectivity index (χ0n) is 15.0. The van der Waals surface area contributed by atoms with E-state index in [-0.39, 0.29) is 16.4 Å². The van der Waals surface area contributed by atoms with Crippen molar-refractivity contribution in [2.24, 2.45) is 15.7 Å². The summed E-state index contributed by atoms with van der Waals surface area (Å²) in [5, 5.41) is 2.69. The van der Waals surface area contributed by atoms with Crippen LogP contribution in [0.25, 0.3) is 0 Å². The first-order valence-electron chi connectivity index (χ1n) is 7.91. The summed E-state index contributed by atoms with van der Waals surface area (Å²) in [5.74, 6) is -0.645. The second-order valence-corrected chi connectivity index (χ2v) is 7.72. The van der Waals surface area contributed by atoms with Gasteiger partial charge in [0.15, 0.2) is 21.4 Å². The van der Waals surface area contributed by atoms with Crippen molar-refractivity contribution in [3.8, 4) is 0 Å². The van der Waals surface area contributed by atoms with Gasteiger partial charge in [-0.1, -0.05) is 30.3 Å². The second-order valence-electron chi connectivity index (χ2n) is 5.71. The molecule has 2 aromatic carbocycles. The molecule has 2 rings (SSSR count). The molecule has 1 amide bonds. The molecule has 8 heteroatoms. The van der Waals surface area contributed by atoms with Crippen LogP contribution in [0.15, 0.2) is 81.0 Å². The molecule has 0 radical (unpaired) electrons. The van der Waals surface area contributed by atoms with Gasteiger partial charge in [0.2, 0.25) is 0 Å². The molecular weight excluding hydrogens is 364 g/mol. The number of rotatable bonds is 6. The van der Waals surface area contributed by atoms with Crippen molar-refractivity contribution < 1.29 is 13.2 Å². The fraction of sp³-hybridized carbons (Fsp3) is 0.105. The van der Waals surface area contributed by atoms with Crippen molar-refractivity contribution in [2.45, 2.75) is 11.8 Å². The maximum atomic E-state index is 12.5. The highest BCUT2D eigenvalue weighted by atomic mass is 32.2. The van der Waals surface area contributed by atoms with Crippen molar-refractivity contribution >= 4 is 33.9 Å². The number of sulfone groups is 1. The zero-order valence-corrected chi connectivity index (χ0v) is 15.8. The third-order valence-electron chi connectivity index (χ3n) is 3.64. The Kier molecular flexibility index (Phi) is 6.25. The molecule has 0 saturated carbocycles. The van der Waals surface area contributed by atoms with Crippen LogP contribution in [0.2, 0.25) is 0 Å². The van der Waals surface area contributed by atoms with E-state index in [1.54, 1.807) is 43.3 Å². The van der Waals surface area contributed by atoms with E-state index in [9.17, 15) is 13.2 Å². The van der Waals surface area contributed by atoms with Gasteiger partial charge in [-0.2, -0.15) is 0 Å². The van der Waals surface area contributed by atoms with E-state index >= 15 is 0 Å². The first-order chi connectivity index (χ1) is 12.7. The van der Waals surface area contributed by atoms with E-state index in [1.807, 2.05) is 6.07 Å². The molecule has 0 aliphatic carbocycles. The number of amides is 1. The van der Waals surface area contributed by atoms with E-state index in [0.29, 0.717) is 17.0 Å². The number of carbonyl (C=O) groups is 1. The highest BCUT2D eigenvalue weighted by Crippen LogP contribution is 2.15. The topological polar surface area (TPSA) is 114 Å². The van der Waals surface area contributed by atoms with Crippen LogP contribution < -0.4 is 11.1 Å². The lowest BCUT2D eigenvalue weighted by Gasteiger charge is -2.09. The van der Waals surface area contributed by atoms with Gasteiger partial charge in [0.1, 0.15) is 0 Å². The fourth-order valence-electron chi connectivity index (χ4n) is 2.19. The number of carbonyl (C=O) groups excluding carboxylic acids is 1. The SMILES string of the molecule is C=N/C(N)=C(\N=C(C)c1ccc(S(C)(=O)=O)cc1)C(=O)Nc1ccccc1. The molecule has 140 valence electrons. The number of nitrogens with two attached hydrogens (primary N) is 1. The maximum absolute atomic E-state index is 12.5. The number of para-hydroxylation sites is 1. The molecule has 0 atom stereocenters. The molecule has 0 spiro atoms. The Morgan fingerprint density at radius 2 is 1.67 bits per heavy atom. The van der Waals surface area contributed by atoms with Gasteiger partial charge in [-0.3, -0.25) is 4.79 Å². The Bertz CT molecular complexity index is 1010. The summed E-state index contributed by atoms with van der Waals surface area (Å²) >= 11 is 0. The van der Waals surface area contributed by atoms with Gasteiger partial charge in [0.25, 0.3) is 5.91 Å². The van der Waals surface area contributed by atoms with E-state index in [2.05, 4.69) is 22.0 Å². The third-order valence-corrected chi connectivity index (χ3v) is 4.77. The lowest BCUT2D eigenvalue weighted by atomic mass is 10.1. The highest BCUT2D eigenvalue weighted by Gasteiger charge is 2.15. The van der Waals surface area contributed by atoms with Crippen molar-refractivity contribution in [3.63, 3.8) is 0 Å². The molecular formula is C19H20N4O3S. The summed E-state index contributed by atoms with van der Waals surface area (Å²) in [4.78, 5) is 20.6. The average molecular weight is 384 g/mol. The van der Waals surface area contributed by atoms with Crippen LogP contribution in [0.3, 0.4) is 0 Å². The molecule has 3 N–H and O–H groups in total. The molecule has 2 aromatic rings. The van der Waals surface area contributed by atoms with Gasteiger partial charge >= 0.3 is 0 Å². The molecule has 0 aliphatic heterocycles. The molecule has 0 bridgehead atoms. The minimum Gasteiger partial charge on any atom is -0.382 e. The van der Waals surface area contributed by atoms with E-state index in [0.717, 1.165) is 6.26 Å². The lowest BCUT2D eigenvalue weighted by molar-refractivity contribution is -0.112. The van der Waals surface area contributed by atoms with E-state index in [1.165, 1.54) is 12.1 Å². The number of anilines is 1. The molecule has 0 aromatic heterocycles. The fourth-order valence-corrected chi connectivity index (χ4v) is 2.82. The molecule has 0 fully saturated rings. The number of aliphatic imine (C=N–C) groups is 2. The predicted octanol–water partition coefficient (Wildman–Crippen LogP) is 2.37. The monoisotopic (exact) mass is 384 g/mol. The molecule has 27 heavy (non-hydrogen) atoms. The van der Waals surface area contributed by atoms with Gasteiger partial charge in [0, 0.05) is 17.7 Å².